The Labute approximate surface area is 113 Å². The first-order valence-corrected chi connectivity index (χ1v) is 6.42. The quantitative estimate of drug-likeness (QED) is 0.723. The average molecular weight is 277 g/mol. The van der Waals surface area contributed by atoms with Crippen LogP contribution in [0, 0.1) is 0 Å². The molecule has 0 spiro atoms. The Balaban J connectivity index is 2.57. The molecule has 0 aliphatic rings. The molecule has 17 heavy (non-hydrogen) atoms. The van der Waals surface area contributed by atoms with E-state index in [-0.39, 0.29) is 5.60 Å². The van der Waals surface area contributed by atoms with Crippen molar-refractivity contribution in [3.05, 3.63) is 28.8 Å². The van der Waals surface area contributed by atoms with E-state index in [0.717, 1.165) is 17.7 Å². The van der Waals surface area contributed by atoms with E-state index in [2.05, 4.69) is 0 Å². The van der Waals surface area contributed by atoms with E-state index in [1.807, 2.05) is 26.0 Å². The number of halogens is 2. The van der Waals surface area contributed by atoms with Gasteiger partial charge in [-0.05, 0) is 32.0 Å². The molecule has 0 saturated heterocycles. The lowest BCUT2D eigenvalue weighted by Crippen LogP contribution is -2.25. The van der Waals surface area contributed by atoms with Gasteiger partial charge in [0, 0.05) is 24.1 Å². The molecule has 0 heterocycles. The zero-order chi connectivity index (χ0) is 12.9. The van der Waals surface area contributed by atoms with Gasteiger partial charge in [0.15, 0.2) is 0 Å². The summed E-state index contributed by atoms with van der Waals surface area (Å²) >= 11 is 11.7. The molecule has 0 bridgehead atoms. The van der Waals surface area contributed by atoms with Gasteiger partial charge in [0.2, 0.25) is 0 Å². The summed E-state index contributed by atoms with van der Waals surface area (Å²) in [6, 6.07) is 5.47. The SMILES string of the molecule is COC(C)(C)CCOc1ccc(Cl)cc1CCl. The molecule has 0 fully saturated rings. The number of alkyl halides is 1. The molecule has 4 heteroatoms. The van der Waals surface area contributed by atoms with Gasteiger partial charge in [0.25, 0.3) is 0 Å². The minimum Gasteiger partial charge on any atom is -0.493 e. The molecule has 0 saturated carbocycles. The van der Waals surface area contributed by atoms with E-state index in [1.54, 1.807) is 13.2 Å². The highest BCUT2D eigenvalue weighted by molar-refractivity contribution is 6.30. The predicted molar refractivity (Wildman–Crippen MR) is 72.2 cm³/mol. The van der Waals surface area contributed by atoms with Gasteiger partial charge in [0.05, 0.1) is 18.1 Å². The van der Waals surface area contributed by atoms with Crippen LogP contribution in [0.25, 0.3) is 0 Å². The van der Waals surface area contributed by atoms with E-state index in [0.29, 0.717) is 17.5 Å². The van der Waals surface area contributed by atoms with Crippen LogP contribution in [0.4, 0.5) is 0 Å². The Hall–Kier alpha value is -0.440. The van der Waals surface area contributed by atoms with E-state index >= 15 is 0 Å². The second-order valence-electron chi connectivity index (χ2n) is 4.45. The van der Waals surface area contributed by atoms with Gasteiger partial charge in [-0.1, -0.05) is 11.6 Å². The minimum atomic E-state index is -0.173. The smallest absolute Gasteiger partial charge is 0.123 e. The van der Waals surface area contributed by atoms with Crippen LogP contribution in [-0.2, 0) is 10.6 Å². The average Bonchev–Trinajstić information content (AvgIpc) is 2.30. The van der Waals surface area contributed by atoms with Crippen molar-refractivity contribution in [1.29, 1.82) is 0 Å². The molecule has 0 radical (unpaired) electrons. The van der Waals surface area contributed by atoms with Crippen molar-refractivity contribution in [3.63, 3.8) is 0 Å². The maximum atomic E-state index is 5.89. The standard InChI is InChI=1S/C13H18Cl2O2/c1-13(2,16-3)6-7-17-12-5-4-11(15)8-10(12)9-14/h4-5,8H,6-7,9H2,1-3H3. The van der Waals surface area contributed by atoms with E-state index < -0.39 is 0 Å². The Bertz CT molecular complexity index is 364. The van der Waals surface area contributed by atoms with Gasteiger partial charge in [-0.2, -0.15) is 0 Å². The van der Waals surface area contributed by atoms with Crippen LogP contribution in [-0.4, -0.2) is 19.3 Å². The first-order chi connectivity index (χ1) is 7.98. The predicted octanol–water partition coefficient (Wildman–Crippen LogP) is 4.27. The van der Waals surface area contributed by atoms with Crippen LogP contribution < -0.4 is 4.74 Å². The molecule has 2 nitrogen and oxygen atoms in total. The number of ether oxygens (including phenoxy) is 2. The third-order valence-electron chi connectivity index (χ3n) is 2.68. The summed E-state index contributed by atoms with van der Waals surface area (Å²) in [5.41, 5.74) is 0.738. The molecule has 1 aromatic carbocycles. The molecule has 0 aliphatic heterocycles. The molecule has 0 aliphatic carbocycles. The summed E-state index contributed by atoms with van der Waals surface area (Å²) in [7, 11) is 1.70. The van der Waals surface area contributed by atoms with Crippen molar-refractivity contribution in [3.8, 4) is 5.75 Å². The van der Waals surface area contributed by atoms with Crippen molar-refractivity contribution < 1.29 is 9.47 Å². The van der Waals surface area contributed by atoms with Crippen LogP contribution in [0.2, 0.25) is 5.02 Å². The molecule has 1 rings (SSSR count). The van der Waals surface area contributed by atoms with E-state index in [4.69, 9.17) is 32.7 Å². The van der Waals surface area contributed by atoms with Crippen molar-refractivity contribution in [2.45, 2.75) is 31.7 Å². The van der Waals surface area contributed by atoms with Gasteiger partial charge < -0.3 is 9.47 Å². The zero-order valence-corrected chi connectivity index (χ0v) is 11.9. The zero-order valence-electron chi connectivity index (χ0n) is 10.4. The fourth-order valence-corrected chi connectivity index (χ4v) is 1.71. The van der Waals surface area contributed by atoms with Crippen molar-refractivity contribution >= 4 is 23.2 Å². The summed E-state index contributed by atoms with van der Waals surface area (Å²) < 4.78 is 11.0. The van der Waals surface area contributed by atoms with Gasteiger partial charge >= 0.3 is 0 Å². The maximum Gasteiger partial charge on any atom is 0.123 e. The van der Waals surface area contributed by atoms with Crippen LogP contribution in [0.15, 0.2) is 18.2 Å². The van der Waals surface area contributed by atoms with Crippen LogP contribution >= 0.6 is 23.2 Å². The lowest BCUT2D eigenvalue weighted by molar-refractivity contribution is 0.00539. The lowest BCUT2D eigenvalue weighted by Gasteiger charge is -2.23. The molecule has 0 amide bonds. The lowest BCUT2D eigenvalue weighted by atomic mass is 10.1. The molecular formula is C13H18Cl2O2. The Morgan fingerprint density at radius 2 is 2.00 bits per heavy atom. The summed E-state index contributed by atoms with van der Waals surface area (Å²) in [5.74, 6) is 1.18. The van der Waals surface area contributed by atoms with Crippen molar-refractivity contribution in [1.82, 2.24) is 0 Å². The van der Waals surface area contributed by atoms with Gasteiger partial charge in [0.1, 0.15) is 5.75 Å². The number of rotatable bonds is 6. The summed E-state index contributed by atoms with van der Waals surface area (Å²) in [5, 5.41) is 0.672. The first kappa shape index (κ1) is 14.6. The molecule has 0 N–H and O–H groups in total. The van der Waals surface area contributed by atoms with E-state index in [1.165, 1.54) is 0 Å². The molecule has 96 valence electrons. The molecule has 0 unspecified atom stereocenters. The maximum absolute atomic E-state index is 5.89. The Morgan fingerprint density at radius 1 is 1.29 bits per heavy atom. The highest BCUT2D eigenvalue weighted by Crippen LogP contribution is 2.25. The van der Waals surface area contributed by atoms with Gasteiger partial charge in [-0.15, -0.1) is 11.6 Å². The second kappa shape index (κ2) is 6.48. The van der Waals surface area contributed by atoms with Crippen LogP contribution in [0.5, 0.6) is 5.75 Å². The fraction of sp³-hybridized carbons (Fsp3) is 0.538. The second-order valence-corrected chi connectivity index (χ2v) is 5.15. The minimum absolute atomic E-state index is 0.173. The van der Waals surface area contributed by atoms with Gasteiger partial charge in [-0.3, -0.25) is 0 Å². The summed E-state index contributed by atoms with van der Waals surface area (Å²) in [4.78, 5) is 0. The highest BCUT2D eigenvalue weighted by atomic mass is 35.5. The van der Waals surface area contributed by atoms with Crippen molar-refractivity contribution in [2.75, 3.05) is 13.7 Å². The monoisotopic (exact) mass is 276 g/mol. The summed E-state index contributed by atoms with van der Waals surface area (Å²) in [6.07, 6.45) is 0.813. The van der Waals surface area contributed by atoms with Crippen LogP contribution in [0.1, 0.15) is 25.8 Å². The molecule has 1 aromatic rings. The fourth-order valence-electron chi connectivity index (χ4n) is 1.30. The topological polar surface area (TPSA) is 18.5 Å². The number of benzene rings is 1. The van der Waals surface area contributed by atoms with Crippen molar-refractivity contribution in [2.24, 2.45) is 0 Å². The molecular weight excluding hydrogens is 259 g/mol. The number of hydrogen-bond donors (Lipinski definition) is 0. The first-order valence-electron chi connectivity index (χ1n) is 5.51. The molecule has 0 aromatic heterocycles. The Morgan fingerprint density at radius 3 is 2.59 bits per heavy atom. The van der Waals surface area contributed by atoms with Gasteiger partial charge in [-0.25, -0.2) is 0 Å². The number of hydrogen-bond acceptors (Lipinski definition) is 2. The highest BCUT2D eigenvalue weighted by Gasteiger charge is 2.16. The third-order valence-corrected chi connectivity index (χ3v) is 3.20. The summed E-state index contributed by atoms with van der Waals surface area (Å²) in [6.45, 7) is 4.65. The number of methoxy groups -OCH3 is 1. The third kappa shape index (κ3) is 4.74. The molecule has 0 atom stereocenters. The largest absolute Gasteiger partial charge is 0.493 e. The van der Waals surface area contributed by atoms with Crippen LogP contribution in [0.3, 0.4) is 0 Å². The normalized spacial score (nSPS) is 11.6. The van der Waals surface area contributed by atoms with E-state index in [9.17, 15) is 0 Å². The Kier molecular flexibility index (Phi) is 5.57.